The van der Waals surface area contributed by atoms with Crippen LogP contribution in [-0.4, -0.2) is 43.5 Å². The maximum Gasteiger partial charge on any atom is 0.263 e. The van der Waals surface area contributed by atoms with Crippen molar-refractivity contribution < 1.29 is 23.9 Å². The summed E-state index contributed by atoms with van der Waals surface area (Å²) in [7, 11) is 2.98. The summed E-state index contributed by atoms with van der Waals surface area (Å²) in [5.41, 5.74) is 1.54. The third kappa shape index (κ3) is 5.84. The van der Waals surface area contributed by atoms with Gasteiger partial charge in [-0.3, -0.25) is 14.4 Å². The second-order valence-electron chi connectivity index (χ2n) is 7.62. The zero-order valence-corrected chi connectivity index (χ0v) is 20.5. The SMILES string of the molecule is COc1cccc(OC)c1C(=O)Nc1ccc(SCC(=O)NC2=NN(c3ccccc3)C(=O)C2)cc1. The molecule has 0 saturated carbocycles. The number of hydrogen-bond donors (Lipinski definition) is 2. The van der Waals surface area contributed by atoms with E-state index < -0.39 is 0 Å². The number of carbonyl (C=O) groups excluding carboxylic acids is 3. The van der Waals surface area contributed by atoms with Gasteiger partial charge in [-0.1, -0.05) is 24.3 Å². The molecule has 4 rings (SSSR count). The van der Waals surface area contributed by atoms with Crippen LogP contribution >= 0.6 is 11.8 Å². The normalized spacial score (nSPS) is 12.7. The number of ether oxygens (including phenoxy) is 2. The van der Waals surface area contributed by atoms with Crippen LogP contribution in [0.2, 0.25) is 0 Å². The topological polar surface area (TPSA) is 109 Å². The van der Waals surface area contributed by atoms with Gasteiger partial charge in [-0.05, 0) is 48.5 Å². The fourth-order valence-corrected chi connectivity index (χ4v) is 4.22. The average molecular weight is 505 g/mol. The lowest BCUT2D eigenvalue weighted by Crippen LogP contribution is -2.31. The Hall–Kier alpha value is -4.31. The van der Waals surface area contributed by atoms with Gasteiger partial charge in [0.05, 0.1) is 32.1 Å². The Morgan fingerprint density at radius 1 is 0.917 bits per heavy atom. The molecule has 3 amide bonds. The number of anilines is 2. The first kappa shape index (κ1) is 24.8. The number of amides is 3. The first-order valence-corrected chi connectivity index (χ1v) is 12.0. The van der Waals surface area contributed by atoms with Crippen LogP contribution in [0.15, 0.2) is 82.8 Å². The van der Waals surface area contributed by atoms with Gasteiger partial charge in [-0.15, -0.1) is 11.8 Å². The zero-order valence-electron chi connectivity index (χ0n) is 19.7. The van der Waals surface area contributed by atoms with Crippen LogP contribution in [0.1, 0.15) is 16.8 Å². The monoisotopic (exact) mass is 504 g/mol. The van der Waals surface area contributed by atoms with E-state index in [1.165, 1.54) is 31.0 Å². The second kappa shape index (κ2) is 11.4. The Bertz CT molecular complexity index is 1270. The molecule has 0 bridgehead atoms. The minimum Gasteiger partial charge on any atom is -0.496 e. The van der Waals surface area contributed by atoms with Gasteiger partial charge >= 0.3 is 0 Å². The largest absolute Gasteiger partial charge is 0.496 e. The molecule has 3 aromatic rings. The van der Waals surface area contributed by atoms with Crippen molar-refractivity contribution in [2.75, 3.05) is 30.3 Å². The number of amidine groups is 1. The fraction of sp³-hybridized carbons (Fsp3) is 0.154. The van der Waals surface area contributed by atoms with Crippen LogP contribution < -0.4 is 25.1 Å². The molecule has 2 N–H and O–H groups in total. The fourth-order valence-electron chi connectivity index (χ4n) is 3.52. The summed E-state index contributed by atoms with van der Waals surface area (Å²) < 4.78 is 10.6. The molecular weight excluding hydrogens is 480 g/mol. The molecule has 1 heterocycles. The van der Waals surface area contributed by atoms with E-state index in [0.29, 0.717) is 34.3 Å². The molecular formula is C26H24N4O5S. The quantitative estimate of drug-likeness (QED) is 0.450. The van der Waals surface area contributed by atoms with E-state index in [1.54, 1.807) is 54.6 Å². The molecule has 36 heavy (non-hydrogen) atoms. The van der Waals surface area contributed by atoms with Crippen LogP contribution in [0.25, 0.3) is 0 Å². The van der Waals surface area contributed by atoms with E-state index in [2.05, 4.69) is 15.7 Å². The van der Waals surface area contributed by atoms with Crippen molar-refractivity contribution in [3.63, 3.8) is 0 Å². The molecule has 9 nitrogen and oxygen atoms in total. The molecule has 10 heteroatoms. The van der Waals surface area contributed by atoms with Gasteiger partial charge in [0.2, 0.25) is 5.91 Å². The highest BCUT2D eigenvalue weighted by Crippen LogP contribution is 2.29. The van der Waals surface area contributed by atoms with Crippen LogP contribution in [0.4, 0.5) is 11.4 Å². The molecule has 0 atom stereocenters. The number of carbonyl (C=O) groups is 3. The number of nitrogens with zero attached hydrogens (tertiary/aromatic N) is 2. The van der Waals surface area contributed by atoms with Crippen molar-refractivity contribution in [3.05, 3.63) is 78.4 Å². The third-order valence-corrected chi connectivity index (χ3v) is 6.21. The minimum atomic E-state index is -0.361. The maximum atomic E-state index is 12.8. The molecule has 0 unspecified atom stereocenters. The molecule has 0 saturated heterocycles. The Balaban J connectivity index is 1.31. The number of thioether (sulfide) groups is 1. The van der Waals surface area contributed by atoms with Crippen molar-refractivity contribution in [3.8, 4) is 11.5 Å². The first-order chi connectivity index (χ1) is 17.5. The van der Waals surface area contributed by atoms with Gasteiger partial charge in [0.1, 0.15) is 22.9 Å². The van der Waals surface area contributed by atoms with Gasteiger partial charge in [0.15, 0.2) is 0 Å². The summed E-state index contributed by atoms with van der Waals surface area (Å²) >= 11 is 1.33. The van der Waals surface area contributed by atoms with Gasteiger partial charge in [0.25, 0.3) is 11.8 Å². The summed E-state index contributed by atoms with van der Waals surface area (Å²) in [6.45, 7) is 0. The van der Waals surface area contributed by atoms with Crippen LogP contribution in [0, 0.1) is 0 Å². The van der Waals surface area contributed by atoms with Gasteiger partial charge in [-0.25, -0.2) is 0 Å². The average Bonchev–Trinajstić information content (AvgIpc) is 3.27. The van der Waals surface area contributed by atoms with Gasteiger partial charge in [0, 0.05) is 10.6 Å². The Morgan fingerprint density at radius 2 is 1.58 bits per heavy atom. The Morgan fingerprint density at radius 3 is 2.22 bits per heavy atom. The van der Waals surface area contributed by atoms with E-state index in [4.69, 9.17) is 9.47 Å². The summed E-state index contributed by atoms with van der Waals surface area (Å²) in [4.78, 5) is 38.3. The van der Waals surface area contributed by atoms with Crippen molar-refractivity contribution in [2.45, 2.75) is 11.3 Å². The Kier molecular flexibility index (Phi) is 7.86. The van der Waals surface area contributed by atoms with Crippen LogP contribution in [-0.2, 0) is 9.59 Å². The van der Waals surface area contributed by atoms with E-state index >= 15 is 0 Å². The van der Waals surface area contributed by atoms with Crippen LogP contribution in [0.3, 0.4) is 0 Å². The van der Waals surface area contributed by atoms with E-state index in [1.807, 2.05) is 18.2 Å². The predicted octanol–water partition coefficient (Wildman–Crippen LogP) is 3.91. The first-order valence-electron chi connectivity index (χ1n) is 11.0. The molecule has 0 spiro atoms. The summed E-state index contributed by atoms with van der Waals surface area (Å²) in [6, 6.07) is 21.3. The molecule has 0 aromatic heterocycles. The number of methoxy groups -OCH3 is 2. The third-order valence-electron chi connectivity index (χ3n) is 5.20. The summed E-state index contributed by atoms with van der Waals surface area (Å²) in [6.07, 6.45) is 0.0384. The van der Waals surface area contributed by atoms with Gasteiger partial charge in [-0.2, -0.15) is 10.1 Å². The number of hydrazone groups is 1. The molecule has 184 valence electrons. The van der Waals surface area contributed by atoms with E-state index in [0.717, 1.165) is 4.90 Å². The molecule has 3 aromatic carbocycles. The number of nitrogens with one attached hydrogen (secondary N) is 2. The highest BCUT2D eigenvalue weighted by molar-refractivity contribution is 8.00. The summed E-state index contributed by atoms with van der Waals surface area (Å²) in [5.74, 6) is 0.452. The number of para-hydroxylation sites is 1. The Labute approximate surface area is 212 Å². The van der Waals surface area contributed by atoms with Gasteiger partial charge < -0.3 is 20.1 Å². The maximum absolute atomic E-state index is 12.8. The molecule has 0 radical (unpaired) electrons. The summed E-state index contributed by atoms with van der Waals surface area (Å²) in [5, 5.41) is 11.0. The van der Waals surface area contributed by atoms with Crippen molar-refractivity contribution in [2.24, 2.45) is 5.10 Å². The molecule has 0 fully saturated rings. The molecule has 1 aliphatic heterocycles. The second-order valence-corrected chi connectivity index (χ2v) is 8.67. The van der Waals surface area contributed by atoms with E-state index in [-0.39, 0.29) is 29.9 Å². The highest BCUT2D eigenvalue weighted by atomic mass is 32.2. The van der Waals surface area contributed by atoms with Crippen molar-refractivity contribution in [1.29, 1.82) is 0 Å². The lowest BCUT2D eigenvalue weighted by Gasteiger charge is -2.13. The van der Waals surface area contributed by atoms with Crippen LogP contribution in [0.5, 0.6) is 11.5 Å². The van der Waals surface area contributed by atoms with Crippen molar-refractivity contribution in [1.82, 2.24) is 5.32 Å². The standard InChI is InChI=1S/C26H24N4O5S/c1-34-20-9-6-10-21(35-2)25(20)26(33)27-17-11-13-19(14-12-17)36-16-23(31)28-22-15-24(32)30(29-22)18-7-4-3-5-8-18/h3-14H,15-16H2,1-2H3,(H,27,33)(H,28,29,31). The van der Waals surface area contributed by atoms with E-state index in [9.17, 15) is 14.4 Å². The lowest BCUT2D eigenvalue weighted by atomic mass is 10.1. The van der Waals surface area contributed by atoms with Crippen molar-refractivity contribution >= 4 is 46.7 Å². The number of rotatable bonds is 8. The zero-order chi connectivity index (χ0) is 25.5. The lowest BCUT2D eigenvalue weighted by molar-refractivity contribution is -0.117. The molecule has 1 aliphatic rings. The number of benzene rings is 3. The smallest absolute Gasteiger partial charge is 0.263 e. The predicted molar refractivity (Wildman–Crippen MR) is 139 cm³/mol. The minimum absolute atomic E-state index is 0.0384. The molecule has 0 aliphatic carbocycles. The number of hydrogen-bond acceptors (Lipinski definition) is 7. The highest BCUT2D eigenvalue weighted by Gasteiger charge is 2.26.